The molecule has 7 nitrogen and oxygen atoms in total. The lowest BCUT2D eigenvalue weighted by Crippen LogP contribution is -2.42. The Morgan fingerprint density at radius 2 is 1.71 bits per heavy atom. The molecule has 2 saturated heterocycles. The van der Waals surface area contributed by atoms with Crippen LogP contribution in [0.4, 0.5) is 4.79 Å². The number of β-amino-alcohol motifs (C(OH)–C–C–N with tert-alkyl or cyclic N) is 2. The van der Waals surface area contributed by atoms with E-state index in [0.29, 0.717) is 0 Å². The monoisotopic (exact) mass is 337 g/mol. The largest absolute Gasteiger partial charge is 0.445 e. The first-order chi connectivity index (χ1) is 11.4. The summed E-state index contributed by atoms with van der Waals surface area (Å²) in [5, 5.41) is 20.7. The Kier molecular flexibility index (Phi) is 4.78. The summed E-state index contributed by atoms with van der Waals surface area (Å²) in [5.41, 5.74) is 0.868. The maximum absolute atomic E-state index is 12.3. The second-order valence-corrected chi connectivity index (χ2v) is 6.64. The minimum absolute atomic E-state index is 0.0191. The summed E-state index contributed by atoms with van der Waals surface area (Å²) in [7, 11) is 0. The fraction of sp³-hybridized carbons (Fsp3) is 0.588. The van der Waals surface area contributed by atoms with E-state index in [4.69, 9.17) is 14.2 Å². The Morgan fingerprint density at radius 1 is 1.17 bits per heavy atom. The van der Waals surface area contributed by atoms with E-state index in [1.807, 2.05) is 30.3 Å². The van der Waals surface area contributed by atoms with Crippen LogP contribution in [0.1, 0.15) is 19.4 Å². The second kappa shape index (κ2) is 6.68. The number of rotatable bonds is 2. The van der Waals surface area contributed by atoms with Crippen LogP contribution in [-0.2, 0) is 20.8 Å². The number of carbonyl (C=O) groups is 1. The molecular formula is C17H23NO6. The Balaban J connectivity index is 1.62. The SMILES string of the molecule is CC1(C)O[C@@H]2[C@H](O1)[C@@H](O)CN(C(=O)OCc1ccccc1)C[C@H]2O. The molecule has 1 aromatic rings. The van der Waals surface area contributed by atoms with Gasteiger partial charge in [-0.2, -0.15) is 0 Å². The first-order valence-electron chi connectivity index (χ1n) is 8.03. The summed E-state index contributed by atoms with van der Waals surface area (Å²) >= 11 is 0. The van der Waals surface area contributed by atoms with E-state index in [1.165, 1.54) is 4.90 Å². The highest BCUT2D eigenvalue weighted by Gasteiger charge is 2.50. The van der Waals surface area contributed by atoms with Gasteiger partial charge in [0, 0.05) is 0 Å². The van der Waals surface area contributed by atoms with E-state index >= 15 is 0 Å². The summed E-state index contributed by atoms with van der Waals surface area (Å²) in [6.45, 7) is 3.63. The number of aliphatic hydroxyl groups excluding tert-OH is 2. The number of hydrogen-bond acceptors (Lipinski definition) is 6. The van der Waals surface area contributed by atoms with Crippen molar-refractivity contribution in [2.45, 2.75) is 50.7 Å². The highest BCUT2D eigenvalue weighted by atomic mass is 16.8. The van der Waals surface area contributed by atoms with Gasteiger partial charge in [0.25, 0.3) is 0 Å². The van der Waals surface area contributed by atoms with Gasteiger partial charge in [-0.25, -0.2) is 4.79 Å². The van der Waals surface area contributed by atoms with Crippen molar-refractivity contribution in [2.75, 3.05) is 13.1 Å². The third kappa shape index (κ3) is 3.70. The van der Waals surface area contributed by atoms with Crippen molar-refractivity contribution in [3.05, 3.63) is 35.9 Å². The number of ether oxygens (including phenoxy) is 3. The van der Waals surface area contributed by atoms with Crippen LogP contribution in [-0.4, -0.2) is 64.5 Å². The van der Waals surface area contributed by atoms with Gasteiger partial charge >= 0.3 is 6.09 Å². The molecule has 2 aliphatic heterocycles. The fourth-order valence-electron chi connectivity index (χ4n) is 3.11. The van der Waals surface area contributed by atoms with Crippen LogP contribution in [0.15, 0.2) is 30.3 Å². The molecule has 3 rings (SSSR count). The fourth-order valence-corrected chi connectivity index (χ4v) is 3.11. The van der Waals surface area contributed by atoms with Crippen molar-refractivity contribution in [1.82, 2.24) is 4.90 Å². The van der Waals surface area contributed by atoms with Gasteiger partial charge < -0.3 is 29.3 Å². The molecule has 0 radical (unpaired) electrons. The predicted octanol–water partition coefficient (Wildman–Crippen LogP) is 0.881. The van der Waals surface area contributed by atoms with Crippen LogP contribution >= 0.6 is 0 Å². The van der Waals surface area contributed by atoms with Crippen molar-refractivity contribution < 1.29 is 29.2 Å². The van der Waals surface area contributed by atoms with Gasteiger partial charge in [-0.3, -0.25) is 0 Å². The number of fused-ring (bicyclic) bond motifs is 1. The van der Waals surface area contributed by atoms with Gasteiger partial charge in [0.05, 0.1) is 13.1 Å². The molecule has 0 aliphatic carbocycles. The molecule has 0 saturated carbocycles. The average molecular weight is 337 g/mol. The average Bonchev–Trinajstić information content (AvgIpc) is 2.83. The third-order valence-electron chi connectivity index (χ3n) is 4.20. The predicted molar refractivity (Wildman–Crippen MR) is 84.0 cm³/mol. The molecule has 4 atom stereocenters. The summed E-state index contributed by atoms with van der Waals surface area (Å²) in [6.07, 6.45) is -3.86. The lowest BCUT2D eigenvalue weighted by molar-refractivity contribution is -0.165. The van der Waals surface area contributed by atoms with Crippen LogP contribution in [0.25, 0.3) is 0 Å². The molecule has 2 aliphatic rings. The van der Waals surface area contributed by atoms with Crippen molar-refractivity contribution >= 4 is 6.09 Å². The highest BCUT2D eigenvalue weighted by molar-refractivity contribution is 5.67. The number of aliphatic hydroxyl groups is 2. The smallest absolute Gasteiger partial charge is 0.410 e. The Labute approximate surface area is 140 Å². The van der Waals surface area contributed by atoms with Gasteiger partial charge in [0.15, 0.2) is 5.79 Å². The Bertz CT molecular complexity index is 556. The van der Waals surface area contributed by atoms with Gasteiger partial charge in [0.2, 0.25) is 0 Å². The molecule has 2 heterocycles. The van der Waals surface area contributed by atoms with Crippen molar-refractivity contribution in [2.24, 2.45) is 0 Å². The normalized spacial score (nSPS) is 32.1. The topological polar surface area (TPSA) is 88.5 Å². The molecule has 7 heteroatoms. The number of benzene rings is 1. The van der Waals surface area contributed by atoms with Crippen LogP contribution in [0.2, 0.25) is 0 Å². The third-order valence-corrected chi connectivity index (χ3v) is 4.20. The zero-order chi connectivity index (χ0) is 17.3. The Morgan fingerprint density at radius 3 is 2.25 bits per heavy atom. The lowest BCUT2D eigenvalue weighted by Gasteiger charge is -2.26. The van der Waals surface area contributed by atoms with Crippen LogP contribution in [0, 0.1) is 0 Å². The number of hydrogen-bond donors (Lipinski definition) is 2. The minimum atomic E-state index is -0.960. The first kappa shape index (κ1) is 17.2. The summed E-state index contributed by atoms with van der Waals surface area (Å²) in [4.78, 5) is 13.6. The molecular weight excluding hydrogens is 314 g/mol. The van der Waals surface area contributed by atoms with Crippen LogP contribution < -0.4 is 0 Å². The van der Waals surface area contributed by atoms with E-state index in [0.717, 1.165) is 5.56 Å². The minimum Gasteiger partial charge on any atom is -0.445 e. The number of carbonyl (C=O) groups excluding carboxylic acids is 1. The zero-order valence-corrected chi connectivity index (χ0v) is 13.8. The standard InChI is InChI=1S/C17H23NO6/c1-17(2)23-14-12(19)8-18(9-13(20)15(14)24-17)16(21)22-10-11-6-4-3-5-7-11/h3-7,12-15,19-20H,8-10H2,1-2H3/t12-,13+,14+,15-. The molecule has 0 aromatic heterocycles. The molecule has 1 amide bonds. The number of amides is 1. The van der Waals surface area contributed by atoms with Crippen molar-refractivity contribution in [1.29, 1.82) is 0 Å². The zero-order valence-electron chi connectivity index (χ0n) is 13.8. The van der Waals surface area contributed by atoms with E-state index in [1.54, 1.807) is 13.8 Å². The molecule has 0 unspecified atom stereocenters. The van der Waals surface area contributed by atoms with Gasteiger partial charge in [-0.1, -0.05) is 30.3 Å². The molecule has 0 bridgehead atoms. The van der Waals surface area contributed by atoms with Gasteiger partial charge in [-0.05, 0) is 19.4 Å². The lowest BCUT2D eigenvalue weighted by atomic mass is 10.1. The number of nitrogens with zero attached hydrogens (tertiary/aromatic N) is 1. The van der Waals surface area contributed by atoms with E-state index in [2.05, 4.69) is 0 Å². The summed E-state index contributed by atoms with van der Waals surface area (Å²) < 4.78 is 16.6. The molecule has 2 N–H and O–H groups in total. The highest BCUT2D eigenvalue weighted by Crippen LogP contribution is 2.34. The molecule has 2 fully saturated rings. The van der Waals surface area contributed by atoms with E-state index in [-0.39, 0.29) is 19.7 Å². The number of likely N-dealkylation sites (tertiary alicyclic amines) is 1. The maximum atomic E-state index is 12.3. The first-order valence-corrected chi connectivity index (χ1v) is 8.03. The molecule has 0 spiro atoms. The second-order valence-electron chi connectivity index (χ2n) is 6.64. The molecule has 132 valence electrons. The summed E-state index contributed by atoms with van der Waals surface area (Å²) in [6, 6.07) is 9.31. The van der Waals surface area contributed by atoms with Crippen molar-refractivity contribution in [3.8, 4) is 0 Å². The van der Waals surface area contributed by atoms with Crippen molar-refractivity contribution in [3.63, 3.8) is 0 Å². The quantitative estimate of drug-likeness (QED) is 0.833. The maximum Gasteiger partial charge on any atom is 0.410 e. The van der Waals surface area contributed by atoms with E-state index in [9.17, 15) is 15.0 Å². The summed E-state index contributed by atoms with van der Waals surface area (Å²) in [5.74, 6) is -0.868. The van der Waals surface area contributed by atoms with Crippen LogP contribution in [0.3, 0.4) is 0 Å². The van der Waals surface area contributed by atoms with E-state index < -0.39 is 36.3 Å². The molecule has 24 heavy (non-hydrogen) atoms. The van der Waals surface area contributed by atoms with Crippen LogP contribution in [0.5, 0.6) is 0 Å². The molecule has 1 aromatic carbocycles. The van der Waals surface area contributed by atoms with Gasteiger partial charge in [0.1, 0.15) is 31.0 Å². The van der Waals surface area contributed by atoms with Gasteiger partial charge in [-0.15, -0.1) is 0 Å². The Hall–Kier alpha value is -1.67.